The van der Waals surface area contributed by atoms with Crippen LogP contribution in [0.3, 0.4) is 0 Å². The number of rotatable bonds is 8. The number of amides is 10. The minimum Gasteiger partial charge on any atom is -0.505 e. The zero-order valence-corrected chi connectivity index (χ0v) is 46.4. The number of aromatic hydroxyl groups is 2. The van der Waals surface area contributed by atoms with Crippen molar-refractivity contribution in [2.45, 2.75) is 36.3 Å². The number of carbonyl (C=O) groups is 10. The molecule has 6 rings (SSSR count). The summed E-state index contributed by atoms with van der Waals surface area (Å²) in [6.45, 7) is -2.56. The van der Waals surface area contributed by atoms with Gasteiger partial charge in [-0.05, 0) is 36.8 Å². The predicted octanol–water partition coefficient (Wildman–Crippen LogP) is -0.659. The molecule has 24 nitrogen and oxygen atoms in total. The zero-order chi connectivity index (χ0) is 56.2. The first kappa shape index (κ1) is 59.2. The first-order valence-electron chi connectivity index (χ1n) is 23.8. The molecule has 6 atom stereocenters. The van der Waals surface area contributed by atoms with Gasteiger partial charge in [-0.25, -0.2) is 9.97 Å². The number of aromatic nitrogens is 2. The number of fused-ring (bicyclic) bond motifs is 7. The van der Waals surface area contributed by atoms with Crippen LogP contribution in [0.4, 0.5) is 0 Å². The smallest absolute Gasteiger partial charge is 0.274 e. The van der Waals surface area contributed by atoms with E-state index in [1.54, 1.807) is 61.0 Å². The van der Waals surface area contributed by atoms with Gasteiger partial charge in [0.25, 0.3) is 11.8 Å². The van der Waals surface area contributed by atoms with Crippen LogP contribution in [0, 0.1) is 0 Å². The molecular weight excluding hydrogens is 1080 g/mol. The molecule has 2 aromatic carbocycles. The van der Waals surface area contributed by atoms with Crippen LogP contribution in [0.2, 0.25) is 0 Å². The molecule has 2 bridgehead atoms. The maximum absolute atomic E-state index is 14.8. The fraction of sp³-hybridized carbons (Fsp3) is 0.429. The zero-order valence-electron chi connectivity index (χ0n) is 43.1. The third kappa shape index (κ3) is 14.3. The van der Waals surface area contributed by atoms with E-state index in [0.29, 0.717) is 21.8 Å². The normalized spacial score (nSPS) is 22.6. The monoisotopic (exact) mass is 1140 g/mol. The molecule has 2 aliphatic heterocycles. The Labute approximate surface area is 459 Å². The number of pyridine rings is 2. The summed E-state index contributed by atoms with van der Waals surface area (Å²) in [6, 6.07) is 7.66. The standard InChI is InChI=1S/C49H60N12O12S4/c1-57-21-31(56-46(70)41-37(63)17-27-13-9-11-15-29(27)54-41)43(67)52-20-39(65)58(2)34-24-76-77-25-35(49(73)61(5)33(23-75-7)47(57)71)59(3)38(64)19-51-42(66)30(18-50-44(68)32(22-74-6)60(4)48(34)72)55-45(69)40-36(62)16-26-12-8-10-14-28(26)53-40/h8-17,30-35,62-63H,18-25H2,1-7H3,(H,50,68)(H,51,66)(H,52,67)(H,55,69)(H,56,70). The fourth-order valence-electron chi connectivity index (χ4n) is 8.24. The van der Waals surface area contributed by atoms with E-state index >= 15 is 0 Å². The number of likely N-dealkylation sites (N-methyl/N-ethyl adjacent to an activating group) is 5. The second-order valence-corrected chi connectivity index (χ2v) is 22.4. The summed E-state index contributed by atoms with van der Waals surface area (Å²) in [4.78, 5) is 156. The Bertz CT molecular complexity index is 2940. The molecule has 0 saturated carbocycles. The minimum absolute atomic E-state index is 0.0146. The van der Waals surface area contributed by atoms with Gasteiger partial charge in [0.15, 0.2) is 11.4 Å². The highest BCUT2D eigenvalue weighted by Crippen LogP contribution is 2.29. The molecule has 77 heavy (non-hydrogen) atoms. The Kier molecular flexibility index (Phi) is 20.6. The van der Waals surface area contributed by atoms with E-state index in [1.807, 2.05) is 0 Å². The highest BCUT2D eigenvalue weighted by atomic mass is 33.1. The van der Waals surface area contributed by atoms with Crippen molar-refractivity contribution in [3.05, 3.63) is 72.1 Å². The van der Waals surface area contributed by atoms with Crippen molar-refractivity contribution in [1.82, 2.24) is 61.1 Å². The van der Waals surface area contributed by atoms with E-state index in [1.165, 1.54) is 70.9 Å². The van der Waals surface area contributed by atoms with Gasteiger partial charge in [0.1, 0.15) is 47.8 Å². The average molecular weight is 1140 g/mol. The third-order valence-electron chi connectivity index (χ3n) is 12.9. The van der Waals surface area contributed by atoms with Gasteiger partial charge in [-0.2, -0.15) is 23.5 Å². The molecule has 4 heterocycles. The van der Waals surface area contributed by atoms with Crippen LogP contribution in [-0.4, -0.2) is 237 Å². The van der Waals surface area contributed by atoms with Crippen LogP contribution >= 0.6 is 45.1 Å². The molecule has 0 aliphatic carbocycles. The van der Waals surface area contributed by atoms with Crippen molar-refractivity contribution in [2.75, 3.05) is 96.9 Å². The molecule has 7 N–H and O–H groups in total. The van der Waals surface area contributed by atoms with Gasteiger partial charge in [0.2, 0.25) is 47.3 Å². The SMILES string of the molecule is CSCC1C(=O)NCC(NC(=O)c2nc3ccccc3cc2O)C(=O)NCC(=O)N(C)C2CSSCC(C(=O)N1C)N(C)C(=O)CNC(=O)C(NC(=O)c1nc3ccccc3cc1O)CN(C)C(=O)C(CSC)N(C)C2=O. The fourth-order valence-corrected chi connectivity index (χ4v) is 12.1. The van der Waals surface area contributed by atoms with Crippen LogP contribution in [-0.2, 0) is 38.4 Å². The van der Waals surface area contributed by atoms with E-state index in [9.17, 15) is 58.2 Å². The Morgan fingerprint density at radius 2 is 1.03 bits per heavy atom. The molecule has 4 aromatic rings. The molecule has 412 valence electrons. The Balaban J connectivity index is 1.38. The number of thioether (sulfide) groups is 2. The molecule has 2 saturated heterocycles. The molecule has 2 aromatic heterocycles. The van der Waals surface area contributed by atoms with E-state index in [0.717, 1.165) is 46.1 Å². The van der Waals surface area contributed by atoms with Crippen LogP contribution in [0.5, 0.6) is 11.5 Å². The lowest BCUT2D eigenvalue weighted by Crippen LogP contribution is -2.61. The summed E-state index contributed by atoms with van der Waals surface area (Å²) in [5.74, 6) is -9.61. The number of hydrogen-bond acceptors (Lipinski definition) is 18. The summed E-state index contributed by atoms with van der Waals surface area (Å²) >= 11 is 2.43. The van der Waals surface area contributed by atoms with Crippen LogP contribution in [0.15, 0.2) is 60.7 Å². The molecule has 28 heteroatoms. The van der Waals surface area contributed by atoms with Crippen LogP contribution in [0.25, 0.3) is 21.8 Å². The number of carbonyl (C=O) groups excluding carboxylic acids is 10. The van der Waals surface area contributed by atoms with Gasteiger partial charge in [0, 0.05) is 82.1 Å². The first-order chi connectivity index (χ1) is 36.7. The second kappa shape index (κ2) is 26.8. The third-order valence-corrected chi connectivity index (χ3v) is 16.6. The van der Waals surface area contributed by atoms with E-state index in [-0.39, 0.29) is 23.0 Å². The highest BCUT2D eigenvalue weighted by molar-refractivity contribution is 8.76. The predicted molar refractivity (Wildman–Crippen MR) is 294 cm³/mol. The largest absolute Gasteiger partial charge is 0.505 e. The Morgan fingerprint density at radius 1 is 0.597 bits per heavy atom. The number of nitrogens with one attached hydrogen (secondary N) is 5. The molecule has 0 spiro atoms. The lowest BCUT2D eigenvalue weighted by Gasteiger charge is -2.36. The van der Waals surface area contributed by atoms with Crippen molar-refractivity contribution < 1.29 is 58.2 Å². The lowest BCUT2D eigenvalue weighted by molar-refractivity contribution is -0.148. The number of hydrogen-bond donors (Lipinski definition) is 7. The number of para-hydroxylation sites is 2. The number of nitrogens with zero attached hydrogens (tertiary/aromatic N) is 7. The van der Waals surface area contributed by atoms with E-state index < -0.39 is 144 Å². The maximum Gasteiger partial charge on any atom is 0.274 e. The lowest BCUT2D eigenvalue weighted by atomic mass is 10.1. The van der Waals surface area contributed by atoms with Gasteiger partial charge in [-0.15, -0.1) is 0 Å². The Morgan fingerprint density at radius 3 is 1.51 bits per heavy atom. The van der Waals surface area contributed by atoms with Gasteiger partial charge >= 0.3 is 0 Å². The van der Waals surface area contributed by atoms with Gasteiger partial charge in [-0.1, -0.05) is 58.0 Å². The molecule has 2 aliphatic rings. The highest BCUT2D eigenvalue weighted by Gasteiger charge is 2.40. The summed E-state index contributed by atoms with van der Waals surface area (Å²) in [5, 5.41) is 35.3. The van der Waals surface area contributed by atoms with Crippen LogP contribution < -0.4 is 26.6 Å². The Hall–Kier alpha value is -7.04. The molecule has 0 radical (unpaired) electrons. The summed E-state index contributed by atoms with van der Waals surface area (Å²) in [6.07, 6.45) is 3.39. The van der Waals surface area contributed by atoms with Crippen molar-refractivity contribution >= 4 is 126 Å². The van der Waals surface area contributed by atoms with Gasteiger partial charge in [0.05, 0.1) is 24.1 Å². The first-order valence-corrected chi connectivity index (χ1v) is 29.1. The van der Waals surface area contributed by atoms with Crippen LogP contribution in [0.1, 0.15) is 21.0 Å². The van der Waals surface area contributed by atoms with Crippen molar-refractivity contribution in [3.8, 4) is 11.5 Å². The molecular formula is C49H60N12O12S4. The summed E-state index contributed by atoms with van der Waals surface area (Å²) < 4.78 is 0. The van der Waals surface area contributed by atoms with Gasteiger partial charge in [-0.3, -0.25) is 47.9 Å². The maximum atomic E-state index is 14.8. The number of benzene rings is 2. The van der Waals surface area contributed by atoms with Crippen molar-refractivity contribution in [3.63, 3.8) is 0 Å². The van der Waals surface area contributed by atoms with Crippen molar-refractivity contribution in [1.29, 1.82) is 0 Å². The second-order valence-electron chi connectivity index (χ2n) is 18.0. The average Bonchev–Trinajstić information content (AvgIpc) is 3.41. The molecule has 6 unspecified atom stereocenters. The topological polar surface area (TPSA) is 313 Å². The quantitative estimate of drug-likeness (QED) is 0.108. The summed E-state index contributed by atoms with van der Waals surface area (Å²) in [5.41, 5.74) is -0.158. The van der Waals surface area contributed by atoms with E-state index in [2.05, 4.69) is 36.6 Å². The van der Waals surface area contributed by atoms with Crippen molar-refractivity contribution in [2.24, 2.45) is 0 Å². The molecule has 10 amide bonds. The van der Waals surface area contributed by atoms with E-state index in [4.69, 9.17) is 0 Å². The summed E-state index contributed by atoms with van der Waals surface area (Å²) in [7, 11) is 8.85. The molecule has 2 fully saturated rings. The minimum atomic E-state index is -1.61. The van der Waals surface area contributed by atoms with Gasteiger partial charge < -0.3 is 61.3 Å².